The minimum Gasteiger partial charge on any atom is -0.398 e. The van der Waals surface area contributed by atoms with Gasteiger partial charge in [-0.2, -0.15) is 0 Å². The Balaban J connectivity index is 0.000000278. The summed E-state index contributed by atoms with van der Waals surface area (Å²) >= 11 is 0. The Morgan fingerprint density at radius 1 is 0.824 bits per heavy atom. The number of benzene rings is 2. The molecule has 0 spiro atoms. The van der Waals surface area contributed by atoms with Crippen molar-refractivity contribution in [2.45, 2.75) is 13.8 Å². The molecule has 0 unspecified atom stereocenters. The lowest BCUT2D eigenvalue weighted by atomic mass is 10.2. The summed E-state index contributed by atoms with van der Waals surface area (Å²) in [6, 6.07) is 19.3. The summed E-state index contributed by atoms with van der Waals surface area (Å²) in [5.41, 5.74) is 6.92. The van der Waals surface area contributed by atoms with Crippen LogP contribution in [-0.2, 0) is 0 Å². The molecule has 0 aliphatic rings. The fourth-order valence-electron chi connectivity index (χ4n) is 1.03. The Labute approximate surface area is 104 Å². The number of nitrogen functional groups attached to an aromatic ring is 1. The molecule has 0 fully saturated rings. The van der Waals surface area contributed by atoms with Crippen molar-refractivity contribution in [3.63, 3.8) is 0 Å². The maximum absolute atomic E-state index is 6.88. The lowest BCUT2D eigenvalue weighted by Gasteiger charge is -1.94. The van der Waals surface area contributed by atoms with E-state index in [1.54, 1.807) is 6.07 Å². The van der Waals surface area contributed by atoms with Gasteiger partial charge in [0.2, 0.25) is 0 Å². The van der Waals surface area contributed by atoms with Crippen LogP contribution in [0.3, 0.4) is 0 Å². The molecule has 0 aliphatic carbocycles. The van der Waals surface area contributed by atoms with Crippen LogP contribution in [0.15, 0.2) is 60.7 Å². The Hall–Kier alpha value is -2.09. The van der Waals surface area contributed by atoms with E-state index in [2.05, 4.69) is 0 Å². The van der Waals surface area contributed by atoms with E-state index < -0.39 is 0 Å². The second-order valence-electron chi connectivity index (χ2n) is 2.93. The number of anilines is 1. The predicted molar refractivity (Wildman–Crippen MR) is 76.5 cm³/mol. The van der Waals surface area contributed by atoms with E-state index in [-0.39, 0.29) is 0 Å². The minimum absolute atomic E-state index is 0.660. The molecule has 3 N–H and O–H groups in total. The number of hydrogen-bond donors (Lipinski definition) is 2. The summed E-state index contributed by atoms with van der Waals surface area (Å²) in [5.74, 6) is 0. The zero-order valence-electron chi connectivity index (χ0n) is 10.4. The Morgan fingerprint density at radius 3 is 1.53 bits per heavy atom. The average molecular weight is 228 g/mol. The Kier molecular flexibility index (Phi) is 9.15. The maximum atomic E-state index is 6.88. The van der Waals surface area contributed by atoms with Gasteiger partial charge in [0.15, 0.2) is 0 Å². The molecule has 2 rings (SSSR count). The quantitative estimate of drug-likeness (QED) is 0.563. The number of hydrogen-bond acceptors (Lipinski definition) is 2. The summed E-state index contributed by atoms with van der Waals surface area (Å²) in [5, 5.41) is 6.88. The van der Waals surface area contributed by atoms with Gasteiger partial charge in [-0.25, -0.2) is 0 Å². The van der Waals surface area contributed by atoms with Gasteiger partial charge < -0.3 is 11.1 Å². The molecule has 0 bridgehead atoms. The first kappa shape index (κ1) is 14.9. The molecule has 2 aromatic carbocycles. The summed E-state index contributed by atoms with van der Waals surface area (Å²) < 4.78 is 0. The largest absolute Gasteiger partial charge is 0.398 e. The first-order chi connectivity index (χ1) is 8.34. The van der Waals surface area contributed by atoms with Crippen molar-refractivity contribution < 1.29 is 0 Å². The van der Waals surface area contributed by atoms with Gasteiger partial charge in [0.25, 0.3) is 0 Å². The number of nitrogens with two attached hydrogens (primary N) is 1. The molecule has 0 aromatic heterocycles. The van der Waals surface area contributed by atoms with Gasteiger partial charge in [-0.1, -0.05) is 68.4 Å². The van der Waals surface area contributed by atoms with Crippen molar-refractivity contribution in [3.05, 3.63) is 66.2 Å². The smallest absolute Gasteiger partial charge is 0.0402 e. The third-order valence-corrected chi connectivity index (χ3v) is 1.82. The van der Waals surface area contributed by atoms with Crippen LogP contribution in [0.25, 0.3) is 0 Å². The van der Waals surface area contributed by atoms with Crippen LogP contribution < -0.4 is 5.73 Å². The number of rotatable bonds is 1. The second-order valence-corrected chi connectivity index (χ2v) is 2.93. The van der Waals surface area contributed by atoms with Crippen LogP contribution in [0.1, 0.15) is 19.4 Å². The first-order valence-electron chi connectivity index (χ1n) is 5.69. The van der Waals surface area contributed by atoms with Gasteiger partial charge in [0, 0.05) is 17.5 Å². The normalized spacial score (nSPS) is 7.88. The minimum atomic E-state index is 0.660. The van der Waals surface area contributed by atoms with E-state index in [4.69, 9.17) is 11.1 Å². The molecular formula is C15H20N2. The predicted octanol–water partition coefficient (Wildman–Crippen LogP) is 3.98. The molecule has 0 aliphatic heterocycles. The molecule has 0 saturated carbocycles. The zero-order valence-corrected chi connectivity index (χ0v) is 10.4. The summed E-state index contributed by atoms with van der Waals surface area (Å²) in [6.07, 6.45) is 1.25. The molecule has 17 heavy (non-hydrogen) atoms. The van der Waals surface area contributed by atoms with Crippen molar-refractivity contribution in [1.82, 2.24) is 0 Å². The number of nitrogens with one attached hydrogen (secondary N) is 1. The highest BCUT2D eigenvalue weighted by Crippen LogP contribution is 2.05. The summed E-state index contributed by atoms with van der Waals surface area (Å²) in [4.78, 5) is 0. The lowest BCUT2D eigenvalue weighted by molar-refractivity contribution is 1.50. The van der Waals surface area contributed by atoms with Crippen molar-refractivity contribution in [3.8, 4) is 0 Å². The molecule has 0 atom stereocenters. The SMILES string of the molecule is CC.N=Cc1ccccc1N.c1ccccc1. The van der Waals surface area contributed by atoms with E-state index in [1.165, 1.54) is 6.21 Å². The molecule has 2 nitrogen and oxygen atoms in total. The average Bonchev–Trinajstić information content (AvgIpc) is 2.44. The highest BCUT2D eigenvalue weighted by atomic mass is 14.6. The lowest BCUT2D eigenvalue weighted by Crippen LogP contribution is -1.90. The number of para-hydroxylation sites is 1. The highest BCUT2D eigenvalue weighted by Gasteiger charge is 1.88. The Bertz CT molecular complexity index is 370. The van der Waals surface area contributed by atoms with Crippen LogP contribution in [0.2, 0.25) is 0 Å². The monoisotopic (exact) mass is 228 g/mol. The first-order valence-corrected chi connectivity index (χ1v) is 5.69. The molecule has 0 heterocycles. The van der Waals surface area contributed by atoms with Gasteiger partial charge in [0.05, 0.1) is 0 Å². The van der Waals surface area contributed by atoms with E-state index in [1.807, 2.05) is 68.4 Å². The van der Waals surface area contributed by atoms with Gasteiger partial charge in [-0.05, 0) is 6.07 Å². The molecular weight excluding hydrogens is 208 g/mol. The highest BCUT2D eigenvalue weighted by molar-refractivity contribution is 5.84. The summed E-state index contributed by atoms with van der Waals surface area (Å²) in [7, 11) is 0. The third-order valence-electron chi connectivity index (χ3n) is 1.82. The fourth-order valence-corrected chi connectivity index (χ4v) is 1.03. The molecule has 0 saturated heterocycles. The van der Waals surface area contributed by atoms with E-state index in [9.17, 15) is 0 Å². The van der Waals surface area contributed by atoms with Crippen LogP contribution in [0, 0.1) is 5.41 Å². The second kappa shape index (κ2) is 10.4. The van der Waals surface area contributed by atoms with Crippen molar-refractivity contribution in [1.29, 1.82) is 5.41 Å². The fraction of sp³-hybridized carbons (Fsp3) is 0.133. The van der Waals surface area contributed by atoms with Crippen LogP contribution in [0.5, 0.6) is 0 Å². The summed E-state index contributed by atoms with van der Waals surface area (Å²) in [6.45, 7) is 4.00. The van der Waals surface area contributed by atoms with Crippen molar-refractivity contribution >= 4 is 11.9 Å². The zero-order chi connectivity index (χ0) is 12.9. The maximum Gasteiger partial charge on any atom is 0.0402 e. The molecule has 2 heteroatoms. The van der Waals surface area contributed by atoms with Gasteiger partial charge >= 0.3 is 0 Å². The molecule has 0 radical (unpaired) electrons. The van der Waals surface area contributed by atoms with Crippen LogP contribution >= 0.6 is 0 Å². The van der Waals surface area contributed by atoms with Crippen LogP contribution in [0.4, 0.5) is 5.69 Å². The van der Waals surface area contributed by atoms with Gasteiger partial charge in [-0.3, -0.25) is 0 Å². The molecule has 0 amide bonds. The Morgan fingerprint density at radius 2 is 1.24 bits per heavy atom. The van der Waals surface area contributed by atoms with Gasteiger partial charge in [0.1, 0.15) is 0 Å². The molecule has 2 aromatic rings. The van der Waals surface area contributed by atoms with E-state index in [0.29, 0.717) is 5.69 Å². The topological polar surface area (TPSA) is 49.9 Å². The van der Waals surface area contributed by atoms with E-state index in [0.717, 1.165) is 5.56 Å². The van der Waals surface area contributed by atoms with Crippen molar-refractivity contribution in [2.75, 3.05) is 5.73 Å². The van der Waals surface area contributed by atoms with Crippen molar-refractivity contribution in [2.24, 2.45) is 0 Å². The standard InChI is InChI=1S/C7H8N2.C6H6.C2H6/c8-5-6-3-1-2-4-7(6)9;1-2-4-6-5-3-1;1-2/h1-5,8H,9H2;1-6H;1-2H3. The third kappa shape index (κ3) is 6.90. The van der Waals surface area contributed by atoms with E-state index >= 15 is 0 Å². The molecule has 90 valence electrons. The van der Waals surface area contributed by atoms with Crippen LogP contribution in [-0.4, -0.2) is 6.21 Å². The van der Waals surface area contributed by atoms with Gasteiger partial charge in [-0.15, -0.1) is 0 Å².